The van der Waals surface area contributed by atoms with Crippen molar-refractivity contribution in [2.24, 2.45) is 0 Å². The Kier molecular flexibility index (Phi) is 7.31. The highest BCUT2D eigenvalue weighted by Gasteiger charge is 2.09. The van der Waals surface area contributed by atoms with Crippen LogP contribution in [-0.2, 0) is 13.1 Å². The molecule has 0 aliphatic carbocycles. The first-order valence-corrected chi connectivity index (χ1v) is 11.3. The summed E-state index contributed by atoms with van der Waals surface area (Å²) in [6.07, 6.45) is 14.4. The number of H-pyrrole nitrogens is 2. The summed E-state index contributed by atoms with van der Waals surface area (Å²) < 4.78 is 3.42. The van der Waals surface area contributed by atoms with Gasteiger partial charge in [0, 0.05) is 13.1 Å². The molecule has 4 heterocycles. The van der Waals surface area contributed by atoms with Crippen molar-refractivity contribution in [3.8, 4) is 0 Å². The average molecular weight is 441 g/mol. The Morgan fingerprint density at radius 3 is 1.38 bits per heavy atom. The molecule has 4 aromatic heterocycles. The van der Waals surface area contributed by atoms with E-state index in [-0.39, 0.29) is 11.1 Å². The Balaban J connectivity index is 1.02. The highest BCUT2D eigenvalue weighted by Crippen LogP contribution is 2.12. The number of hydrogen-bond donors (Lipinski definition) is 2. The molecule has 12 nitrogen and oxygen atoms in total. The van der Waals surface area contributed by atoms with Crippen molar-refractivity contribution in [3.63, 3.8) is 0 Å². The molecule has 0 unspecified atom stereocenters. The Labute approximate surface area is 183 Å². The van der Waals surface area contributed by atoms with E-state index in [1.165, 1.54) is 51.2 Å². The Hall–Kier alpha value is -3.44. The zero-order valence-corrected chi connectivity index (χ0v) is 18.0. The molecule has 0 saturated heterocycles. The van der Waals surface area contributed by atoms with Crippen LogP contribution in [0.4, 0.5) is 0 Å². The number of aryl methyl sites for hydroxylation is 2. The lowest BCUT2D eigenvalue weighted by Crippen LogP contribution is -2.07. The van der Waals surface area contributed by atoms with Crippen LogP contribution in [0.25, 0.3) is 22.3 Å². The van der Waals surface area contributed by atoms with Crippen LogP contribution in [0.5, 0.6) is 0 Å². The van der Waals surface area contributed by atoms with Gasteiger partial charge < -0.3 is 9.97 Å². The predicted molar refractivity (Wildman–Crippen MR) is 118 cm³/mol. The maximum absolute atomic E-state index is 11.6. The molecule has 0 atom stereocenters. The molecule has 0 fully saturated rings. The Morgan fingerprint density at radius 1 is 0.594 bits per heavy atom. The fraction of sp³-hybridized carbons (Fsp3) is 0.600. The van der Waals surface area contributed by atoms with Gasteiger partial charge in [-0.15, -0.1) is 10.2 Å². The van der Waals surface area contributed by atoms with Gasteiger partial charge in [-0.1, -0.05) is 61.8 Å². The topological polar surface area (TPSA) is 153 Å². The van der Waals surface area contributed by atoms with Gasteiger partial charge in [-0.05, 0) is 12.8 Å². The minimum absolute atomic E-state index is 0.248. The molecular weight excluding hydrogens is 412 g/mol. The summed E-state index contributed by atoms with van der Waals surface area (Å²) in [4.78, 5) is 36.6. The van der Waals surface area contributed by atoms with Gasteiger partial charge in [0.15, 0.2) is 22.3 Å². The van der Waals surface area contributed by atoms with Crippen molar-refractivity contribution in [1.82, 2.24) is 49.9 Å². The first-order valence-electron chi connectivity index (χ1n) is 11.3. The normalized spacial score (nSPS) is 11.6. The first kappa shape index (κ1) is 21.8. The van der Waals surface area contributed by atoms with Gasteiger partial charge in [-0.25, -0.2) is 19.3 Å². The van der Waals surface area contributed by atoms with E-state index in [1.807, 2.05) is 0 Å². The molecule has 0 amide bonds. The summed E-state index contributed by atoms with van der Waals surface area (Å²) in [6, 6.07) is 0. The third-order valence-electron chi connectivity index (χ3n) is 5.60. The first-order chi connectivity index (χ1) is 15.7. The van der Waals surface area contributed by atoms with E-state index in [9.17, 15) is 9.59 Å². The summed E-state index contributed by atoms with van der Waals surface area (Å²) in [5.74, 6) is 0. The minimum atomic E-state index is -0.248. The number of fused-ring (bicyclic) bond motifs is 2. The standard InChI is InChI=1S/C20H28N10O2/c31-19-15-17(21-13-23-19)29(27-25-15)11-9-7-5-3-1-2-4-6-8-10-12-30-18-16(26-28-30)20(32)24-14-22-18/h13-14H,1-12H2,(H,21,23,31)(H,22,24,32). The van der Waals surface area contributed by atoms with E-state index < -0.39 is 0 Å². The second kappa shape index (κ2) is 10.7. The fourth-order valence-electron chi connectivity index (χ4n) is 3.84. The van der Waals surface area contributed by atoms with Crippen molar-refractivity contribution >= 4 is 22.3 Å². The molecule has 0 saturated carbocycles. The molecule has 170 valence electrons. The lowest BCUT2D eigenvalue weighted by atomic mass is 10.1. The van der Waals surface area contributed by atoms with Gasteiger partial charge in [-0.3, -0.25) is 9.59 Å². The van der Waals surface area contributed by atoms with Gasteiger partial charge >= 0.3 is 0 Å². The predicted octanol–water partition coefficient (Wildman–Crippen LogP) is 1.94. The lowest BCUT2D eigenvalue weighted by Gasteiger charge is -2.04. The van der Waals surface area contributed by atoms with E-state index in [1.54, 1.807) is 9.36 Å². The number of rotatable bonds is 13. The van der Waals surface area contributed by atoms with E-state index in [0.717, 1.165) is 38.8 Å². The zero-order chi connectivity index (χ0) is 22.2. The molecular formula is C20H28N10O2. The molecule has 4 rings (SSSR count). The van der Waals surface area contributed by atoms with E-state index in [2.05, 4.69) is 40.6 Å². The number of unbranched alkanes of at least 4 members (excludes halogenated alkanes) is 9. The second-order valence-corrected chi connectivity index (χ2v) is 7.97. The van der Waals surface area contributed by atoms with Crippen molar-refractivity contribution in [1.29, 1.82) is 0 Å². The molecule has 0 spiro atoms. The summed E-state index contributed by atoms with van der Waals surface area (Å²) >= 11 is 0. The monoisotopic (exact) mass is 440 g/mol. The third-order valence-corrected chi connectivity index (χ3v) is 5.60. The SMILES string of the molecule is O=c1[nH]cnc2c1nnn2CCCCCCCCCCCCn1nnc2c(=O)[nH]cnc21. The van der Waals surface area contributed by atoms with Crippen LogP contribution in [0.1, 0.15) is 64.2 Å². The maximum atomic E-state index is 11.6. The highest BCUT2D eigenvalue weighted by molar-refractivity contribution is 5.67. The van der Waals surface area contributed by atoms with Crippen LogP contribution >= 0.6 is 0 Å². The van der Waals surface area contributed by atoms with Gasteiger partial charge in [0.1, 0.15) is 0 Å². The zero-order valence-electron chi connectivity index (χ0n) is 18.0. The quantitative estimate of drug-likeness (QED) is 0.299. The van der Waals surface area contributed by atoms with E-state index in [4.69, 9.17) is 0 Å². The summed E-state index contributed by atoms with van der Waals surface area (Å²) in [6.45, 7) is 1.47. The molecule has 12 heteroatoms. The van der Waals surface area contributed by atoms with Crippen LogP contribution in [0.3, 0.4) is 0 Å². The molecule has 0 aliphatic heterocycles. The molecule has 0 bridgehead atoms. The van der Waals surface area contributed by atoms with Gasteiger partial charge in [0.2, 0.25) is 0 Å². The van der Waals surface area contributed by atoms with Crippen LogP contribution < -0.4 is 11.1 Å². The average Bonchev–Trinajstić information content (AvgIpc) is 3.40. The fourth-order valence-corrected chi connectivity index (χ4v) is 3.84. The molecule has 2 N–H and O–H groups in total. The smallest absolute Gasteiger partial charge is 0.280 e. The van der Waals surface area contributed by atoms with Crippen LogP contribution in [-0.4, -0.2) is 49.9 Å². The lowest BCUT2D eigenvalue weighted by molar-refractivity contribution is 0.501. The molecule has 32 heavy (non-hydrogen) atoms. The minimum Gasteiger partial charge on any atom is -0.311 e. The van der Waals surface area contributed by atoms with Crippen molar-refractivity contribution in [3.05, 3.63) is 33.4 Å². The van der Waals surface area contributed by atoms with Crippen LogP contribution in [0.2, 0.25) is 0 Å². The van der Waals surface area contributed by atoms with Crippen LogP contribution in [0.15, 0.2) is 22.2 Å². The van der Waals surface area contributed by atoms with E-state index >= 15 is 0 Å². The van der Waals surface area contributed by atoms with Gasteiger partial charge in [-0.2, -0.15) is 0 Å². The molecule has 0 aliphatic rings. The van der Waals surface area contributed by atoms with Crippen molar-refractivity contribution in [2.75, 3.05) is 0 Å². The molecule has 0 radical (unpaired) electrons. The van der Waals surface area contributed by atoms with Gasteiger partial charge in [0.25, 0.3) is 11.1 Å². The summed E-state index contributed by atoms with van der Waals surface area (Å²) in [5, 5.41) is 15.9. The number of aromatic nitrogens is 10. The number of nitrogens with zero attached hydrogens (tertiary/aromatic N) is 8. The largest absolute Gasteiger partial charge is 0.311 e. The molecule has 0 aromatic carbocycles. The highest BCUT2D eigenvalue weighted by atomic mass is 16.1. The van der Waals surface area contributed by atoms with Gasteiger partial charge in [0.05, 0.1) is 12.7 Å². The maximum Gasteiger partial charge on any atom is 0.280 e. The van der Waals surface area contributed by atoms with Crippen LogP contribution in [0, 0.1) is 0 Å². The van der Waals surface area contributed by atoms with E-state index in [0.29, 0.717) is 22.3 Å². The summed E-state index contributed by atoms with van der Waals surface area (Å²) in [7, 11) is 0. The number of aromatic amines is 2. The number of hydrogen-bond acceptors (Lipinski definition) is 8. The Bertz CT molecular complexity index is 1160. The van der Waals surface area contributed by atoms with Crippen molar-refractivity contribution < 1.29 is 0 Å². The third kappa shape index (κ3) is 5.24. The Morgan fingerprint density at radius 2 is 0.969 bits per heavy atom. The summed E-state index contributed by atoms with van der Waals surface area (Å²) in [5.41, 5.74) is 1.21. The molecule has 4 aromatic rings. The second-order valence-electron chi connectivity index (χ2n) is 7.97. The number of nitrogens with one attached hydrogen (secondary N) is 2. The van der Waals surface area contributed by atoms with Crippen molar-refractivity contribution in [2.45, 2.75) is 77.3 Å².